The van der Waals surface area contributed by atoms with E-state index in [0.717, 1.165) is 5.56 Å². The molecule has 0 spiro atoms. The van der Waals surface area contributed by atoms with Crippen LogP contribution in [0.2, 0.25) is 0 Å². The predicted molar refractivity (Wildman–Crippen MR) is 92.8 cm³/mol. The zero-order chi connectivity index (χ0) is 18.3. The summed E-state index contributed by atoms with van der Waals surface area (Å²) in [6.07, 6.45) is 0.579. The van der Waals surface area contributed by atoms with Crippen LogP contribution in [0.5, 0.6) is 0 Å². The molecule has 2 aromatic rings. The van der Waals surface area contributed by atoms with Gasteiger partial charge in [-0.05, 0) is 48.4 Å². The summed E-state index contributed by atoms with van der Waals surface area (Å²) < 4.78 is 41.6. The zero-order valence-electron chi connectivity index (χ0n) is 13.9. The number of ether oxygens (including phenoxy) is 1. The Morgan fingerprint density at radius 2 is 1.72 bits per heavy atom. The molecule has 0 aromatic heterocycles. The van der Waals surface area contributed by atoms with Gasteiger partial charge in [-0.2, -0.15) is 0 Å². The van der Waals surface area contributed by atoms with Gasteiger partial charge < -0.3 is 10.1 Å². The Hall–Kier alpha value is -2.25. The highest BCUT2D eigenvalue weighted by atomic mass is 32.2. The van der Waals surface area contributed by atoms with Crippen LogP contribution in [0, 0.1) is 5.82 Å². The molecule has 0 saturated heterocycles. The van der Waals surface area contributed by atoms with Crippen LogP contribution in [0.15, 0.2) is 53.4 Å². The Labute approximate surface area is 146 Å². The molecular weight excluding hydrogens is 345 g/mol. The molecule has 0 bridgehead atoms. The molecule has 0 unspecified atom stereocenters. The zero-order valence-corrected chi connectivity index (χ0v) is 14.7. The summed E-state index contributed by atoms with van der Waals surface area (Å²) in [4.78, 5) is 12.2. The van der Waals surface area contributed by atoms with Crippen LogP contribution in [-0.4, -0.2) is 40.3 Å². The van der Waals surface area contributed by atoms with E-state index >= 15 is 0 Å². The van der Waals surface area contributed by atoms with Crippen molar-refractivity contribution in [2.45, 2.75) is 11.3 Å². The molecule has 0 atom stereocenters. The van der Waals surface area contributed by atoms with Gasteiger partial charge >= 0.3 is 0 Å². The molecule has 0 radical (unpaired) electrons. The number of rotatable bonds is 8. The summed E-state index contributed by atoms with van der Waals surface area (Å²) in [6, 6.07) is 11.9. The van der Waals surface area contributed by atoms with Crippen LogP contribution in [0.3, 0.4) is 0 Å². The van der Waals surface area contributed by atoms with E-state index in [4.69, 9.17) is 4.74 Å². The summed E-state index contributed by atoms with van der Waals surface area (Å²) >= 11 is 0. The average Bonchev–Trinajstić information content (AvgIpc) is 2.62. The van der Waals surface area contributed by atoms with E-state index in [1.165, 1.54) is 43.5 Å². The van der Waals surface area contributed by atoms with Gasteiger partial charge in [0, 0.05) is 19.2 Å². The smallest absolute Gasteiger partial charge is 0.251 e. The van der Waals surface area contributed by atoms with Crippen molar-refractivity contribution in [3.63, 3.8) is 0 Å². The summed E-state index contributed by atoms with van der Waals surface area (Å²) in [5, 5.41) is 2.75. The first-order valence-corrected chi connectivity index (χ1v) is 9.42. The normalized spacial score (nSPS) is 11.3. The Balaban J connectivity index is 1.90. The molecule has 0 heterocycles. The van der Waals surface area contributed by atoms with E-state index in [1.807, 2.05) is 0 Å². The molecule has 0 aliphatic carbocycles. The fraction of sp³-hybridized carbons (Fsp3) is 0.278. The lowest BCUT2D eigenvalue weighted by molar-refractivity contribution is 0.0954. The lowest BCUT2D eigenvalue weighted by Crippen LogP contribution is -2.25. The minimum atomic E-state index is -3.41. The first kappa shape index (κ1) is 19.1. The van der Waals surface area contributed by atoms with Gasteiger partial charge in [0.1, 0.15) is 5.82 Å². The van der Waals surface area contributed by atoms with E-state index in [-0.39, 0.29) is 29.0 Å². The van der Waals surface area contributed by atoms with Gasteiger partial charge in [0.25, 0.3) is 5.91 Å². The van der Waals surface area contributed by atoms with Crippen LogP contribution in [-0.2, 0) is 21.0 Å². The number of nitrogens with one attached hydrogen (secondary N) is 1. The van der Waals surface area contributed by atoms with Crippen LogP contribution >= 0.6 is 0 Å². The lowest BCUT2D eigenvalue weighted by Gasteiger charge is -2.07. The molecule has 0 aliphatic rings. The van der Waals surface area contributed by atoms with Crippen molar-refractivity contribution in [3.8, 4) is 0 Å². The van der Waals surface area contributed by atoms with Gasteiger partial charge in [0.2, 0.25) is 0 Å². The molecule has 1 amide bonds. The van der Waals surface area contributed by atoms with Gasteiger partial charge in [-0.25, -0.2) is 12.8 Å². The minimum absolute atomic E-state index is 0.104. The molecule has 2 aromatic carbocycles. The van der Waals surface area contributed by atoms with Crippen molar-refractivity contribution >= 4 is 15.7 Å². The molecule has 5 nitrogen and oxygen atoms in total. The summed E-state index contributed by atoms with van der Waals surface area (Å²) in [6.45, 7) is 0.520. The second-order valence-electron chi connectivity index (χ2n) is 5.47. The van der Waals surface area contributed by atoms with Gasteiger partial charge in [-0.15, -0.1) is 0 Å². The van der Waals surface area contributed by atoms with E-state index < -0.39 is 9.84 Å². The number of sulfone groups is 1. The number of amides is 1. The summed E-state index contributed by atoms with van der Waals surface area (Å²) in [5.41, 5.74) is 1.30. The van der Waals surface area contributed by atoms with Crippen LogP contribution < -0.4 is 5.32 Å². The molecule has 0 fully saturated rings. The van der Waals surface area contributed by atoms with E-state index in [0.29, 0.717) is 18.5 Å². The molecule has 1 N–H and O–H groups in total. The quantitative estimate of drug-likeness (QED) is 0.779. The molecule has 2 rings (SSSR count). The first-order chi connectivity index (χ1) is 11.9. The molecular formula is C18H20FNO4S. The van der Waals surface area contributed by atoms with Gasteiger partial charge in [-0.3, -0.25) is 4.79 Å². The van der Waals surface area contributed by atoms with Crippen molar-refractivity contribution < 1.29 is 22.3 Å². The van der Waals surface area contributed by atoms with Gasteiger partial charge in [0.15, 0.2) is 9.84 Å². The molecule has 25 heavy (non-hydrogen) atoms. The van der Waals surface area contributed by atoms with Crippen molar-refractivity contribution in [2.75, 3.05) is 26.0 Å². The van der Waals surface area contributed by atoms with Crippen LogP contribution in [0.4, 0.5) is 4.39 Å². The largest absolute Gasteiger partial charge is 0.384 e. The second kappa shape index (κ2) is 8.73. The number of benzene rings is 2. The van der Waals surface area contributed by atoms with Gasteiger partial charge in [-0.1, -0.05) is 12.1 Å². The SMILES string of the molecule is COCCS(=O)(=O)c1ccc(C(=O)NCCc2ccc(F)cc2)cc1. The topological polar surface area (TPSA) is 72.5 Å². The van der Waals surface area contributed by atoms with Crippen LogP contribution in [0.1, 0.15) is 15.9 Å². The van der Waals surface area contributed by atoms with Crippen molar-refractivity contribution in [1.29, 1.82) is 0 Å². The van der Waals surface area contributed by atoms with Crippen molar-refractivity contribution in [1.82, 2.24) is 5.32 Å². The number of carbonyl (C=O) groups excluding carboxylic acids is 1. The summed E-state index contributed by atoms with van der Waals surface area (Å²) in [7, 11) is -1.97. The number of hydrogen-bond acceptors (Lipinski definition) is 4. The van der Waals surface area contributed by atoms with E-state index in [2.05, 4.69) is 5.32 Å². The molecule has 7 heteroatoms. The number of methoxy groups -OCH3 is 1. The Morgan fingerprint density at radius 1 is 1.08 bits per heavy atom. The average molecular weight is 365 g/mol. The standard InChI is InChI=1S/C18H20FNO4S/c1-24-12-13-25(22,23)17-8-4-15(5-9-17)18(21)20-11-10-14-2-6-16(19)7-3-14/h2-9H,10-13H2,1H3,(H,20,21). The number of halogens is 1. The minimum Gasteiger partial charge on any atom is -0.384 e. The van der Waals surface area contributed by atoms with E-state index in [1.54, 1.807) is 12.1 Å². The van der Waals surface area contributed by atoms with Gasteiger partial charge in [0.05, 0.1) is 17.3 Å². The molecule has 0 saturated carbocycles. The maximum absolute atomic E-state index is 12.8. The third kappa shape index (κ3) is 5.65. The third-order valence-corrected chi connectivity index (χ3v) is 5.34. The summed E-state index contributed by atoms with van der Waals surface area (Å²) in [5.74, 6) is -0.691. The number of carbonyl (C=O) groups is 1. The Bertz CT molecular complexity index is 802. The highest BCUT2D eigenvalue weighted by molar-refractivity contribution is 7.91. The molecule has 0 aliphatic heterocycles. The number of hydrogen-bond donors (Lipinski definition) is 1. The van der Waals surface area contributed by atoms with Crippen LogP contribution in [0.25, 0.3) is 0 Å². The molecule has 134 valence electrons. The van der Waals surface area contributed by atoms with Crippen molar-refractivity contribution in [3.05, 3.63) is 65.5 Å². The predicted octanol–water partition coefficient (Wildman–Crippen LogP) is 2.22. The first-order valence-electron chi connectivity index (χ1n) is 7.77. The fourth-order valence-corrected chi connectivity index (χ4v) is 3.37. The lowest BCUT2D eigenvalue weighted by atomic mass is 10.1. The Morgan fingerprint density at radius 3 is 2.32 bits per heavy atom. The highest BCUT2D eigenvalue weighted by Crippen LogP contribution is 2.12. The maximum atomic E-state index is 12.8. The second-order valence-corrected chi connectivity index (χ2v) is 7.58. The Kier molecular flexibility index (Phi) is 6.66. The van der Waals surface area contributed by atoms with E-state index in [9.17, 15) is 17.6 Å². The third-order valence-electron chi connectivity index (χ3n) is 3.64. The monoisotopic (exact) mass is 365 g/mol. The highest BCUT2D eigenvalue weighted by Gasteiger charge is 2.15. The van der Waals surface area contributed by atoms with Crippen molar-refractivity contribution in [2.24, 2.45) is 0 Å². The maximum Gasteiger partial charge on any atom is 0.251 e. The fourth-order valence-electron chi connectivity index (χ4n) is 2.20.